The number of pyridine rings is 1. The molecule has 0 atom stereocenters. The first-order chi connectivity index (χ1) is 9.20. The number of aromatic nitrogens is 1. The van der Waals surface area contributed by atoms with E-state index in [4.69, 9.17) is 14.3 Å². The topological polar surface area (TPSA) is 77.2 Å². The van der Waals surface area contributed by atoms with Gasteiger partial charge in [0.2, 0.25) is 17.0 Å². The molecule has 0 unspecified atom stereocenters. The number of hydrogen-bond acceptors (Lipinski definition) is 4. The number of aromatic amines is 1. The number of benzene rings is 1. The van der Waals surface area contributed by atoms with Gasteiger partial charge in [0.25, 0.3) is 0 Å². The lowest BCUT2D eigenvalue weighted by molar-refractivity contribution is -0.830. The Balaban J connectivity index is 2.37. The van der Waals surface area contributed by atoms with Crippen LogP contribution in [-0.2, 0) is 4.84 Å². The molecule has 1 aromatic carbocycles. The molecule has 1 aromatic heterocycles. The minimum atomic E-state index is -0.148. The maximum atomic E-state index is 11.6. The molecule has 6 heteroatoms. The predicted molar refractivity (Wildman–Crippen MR) is 68.9 cm³/mol. The Bertz CT molecular complexity index is 693. The average molecular weight is 263 g/mol. The second-order valence-electron chi connectivity index (χ2n) is 4.41. The smallest absolute Gasteiger partial charge is 0.248 e. The van der Waals surface area contributed by atoms with E-state index in [-0.39, 0.29) is 5.56 Å². The number of fused-ring (bicyclic) bond motifs is 3. The normalized spacial score (nSPS) is 13.8. The first-order valence-electron chi connectivity index (χ1n) is 6.03. The lowest BCUT2D eigenvalue weighted by atomic mass is 10.1. The summed E-state index contributed by atoms with van der Waals surface area (Å²) >= 11 is 0. The van der Waals surface area contributed by atoms with Crippen molar-refractivity contribution in [2.24, 2.45) is 0 Å². The number of nitrogens with two attached hydrogens (primary N) is 1. The van der Waals surface area contributed by atoms with Crippen LogP contribution < -0.4 is 20.5 Å². The van der Waals surface area contributed by atoms with Crippen molar-refractivity contribution in [1.82, 2.24) is 4.98 Å². The fourth-order valence-electron chi connectivity index (χ4n) is 2.32. The van der Waals surface area contributed by atoms with Crippen LogP contribution in [0.25, 0.3) is 10.9 Å². The summed E-state index contributed by atoms with van der Waals surface area (Å²) in [4.78, 5) is 19.5. The molecule has 0 fully saturated rings. The van der Waals surface area contributed by atoms with Crippen LogP contribution in [0.2, 0.25) is 0 Å². The molecule has 3 N–H and O–H groups in total. The quantitative estimate of drug-likeness (QED) is 0.606. The van der Waals surface area contributed by atoms with E-state index < -0.39 is 0 Å². The SMILES string of the molecule is CO[NH2+]c1cc2c(C)cc(=O)[nH]c2c2c1OCCO2. The Labute approximate surface area is 109 Å². The van der Waals surface area contributed by atoms with Gasteiger partial charge in [0.1, 0.15) is 13.2 Å². The van der Waals surface area contributed by atoms with E-state index in [0.29, 0.717) is 30.2 Å². The van der Waals surface area contributed by atoms with Gasteiger partial charge in [-0.2, -0.15) is 5.48 Å². The van der Waals surface area contributed by atoms with Gasteiger partial charge in [-0.3, -0.25) is 4.79 Å². The van der Waals surface area contributed by atoms with Crippen LogP contribution in [0.5, 0.6) is 11.5 Å². The Hall–Kier alpha value is -2.05. The number of quaternary nitrogens is 1. The van der Waals surface area contributed by atoms with Gasteiger partial charge in [0.05, 0.1) is 12.6 Å². The van der Waals surface area contributed by atoms with Gasteiger partial charge >= 0.3 is 0 Å². The highest BCUT2D eigenvalue weighted by Crippen LogP contribution is 2.41. The summed E-state index contributed by atoms with van der Waals surface area (Å²) in [5.74, 6) is 1.19. The van der Waals surface area contributed by atoms with E-state index in [0.717, 1.165) is 16.6 Å². The highest BCUT2D eigenvalue weighted by molar-refractivity contribution is 5.93. The standard InChI is InChI=1S/C13H14N2O4/c1-7-5-10(16)14-11-8(7)6-9(15-17-2)12-13(11)19-4-3-18-12/h5-6,15H,3-4H2,1-2H3,(H,14,16)/p+1. The molecule has 0 bridgehead atoms. The zero-order valence-corrected chi connectivity index (χ0v) is 10.8. The van der Waals surface area contributed by atoms with Gasteiger partial charge in [0, 0.05) is 17.5 Å². The molecule has 19 heavy (non-hydrogen) atoms. The molecule has 0 amide bonds. The summed E-state index contributed by atoms with van der Waals surface area (Å²) in [6, 6.07) is 3.49. The molecule has 0 spiro atoms. The molecule has 0 saturated heterocycles. The minimum absolute atomic E-state index is 0.148. The van der Waals surface area contributed by atoms with Crippen LogP contribution in [0.15, 0.2) is 16.9 Å². The Morgan fingerprint density at radius 1 is 1.26 bits per heavy atom. The highest BCUT2D eigenvalue weighted by Gasteiger charge is 2.24. The van der Waals surface area contributed by atoms with Gasteiger partial charge in [0.15, 0.2) is 5.75 Å². The number of rotatable bonds is 2. The van der Waals surface area contributed by atoms with Crippen LogP contribution in [0.4, 0.5) is 5.69 Å². The monoisotopic (exact) mass is 263 g/mol. The lowest BCUT2D eigenvalue weighted by Gasteiger charge is -2.21. The lowest BCUT2D eigenvalue weighted by Crippen LogP contribution is -2.76. The molecular formula is C13H15N2O4+. The highest BCUT2D eigenvalue weighted by atomic mass is 16.6. The van der Waals surface area contributed by atoms with Crippen molar-refractivity contribution in [3.05, 3.63) is 28.0 Å². The molecular weight excluding hydrogens is 248 g/mol. The van der Waals surface area contributed by atoms with E-state index >= 15 is 0 Å². The van der Waals surface area contributed by atoms with Crippen molar-refractivity contribution in [2.75, 3.05) is 20.3 Å². The molecule has 1 aliphatic rings. The van der Waals surface area contributed by atoms with E-state index in [1.54, 1.807) is 18.7 Å². The molecule has 6 nitrogen and oxygen atoms in total. The number of aryl methyl sites for hydroxylation is 1. The minimum Gasteiger partial charge on any atom is -0.484 e. The summed E-state index contributed by atoms with van der Waals surface area (Å²) in [6.07, 6.45) is 0. The van der Waals surface area contributed by atoms with Crippen molar-refractivity contribution < 1.29 is 19.8 Å². The molecule has 100 valence electrons. The van der Waals surface area contributed by atoms with Crippen molar-refractivity contribution in [3.8, 4) is 11.5 Å². The van der Waals surface area contributed by atoms with Crippen LogP contribution in [0, 0.1) is 6.92 Å². The van der Waals surface area contributed by atoms with Crippen LogP contribution in [-0.4, -0.2) is 25.3 Å². The van der Waals surface area contributed by atoms with Gasteiger partial charge < -0.3 is 14.5 Å². The zero-order chi connectivity index (χ0) is 13.4. The van der Waals surface area contributed by atoms with Crippen molar-refractivity contribution in [3.63, 3.8) is 0 Å². The summed E-state index contributed by atoms with van der Waals surface area (Å²) in [6.45, 7) is 2.85. The van der Waals surface area contributed by atoms with E-state index in [1.165, 1.54) is 0 Å². The van der Waals surface area contributed by atoms with Crippen molar-refractivity contribution in [1.29, 1.82) is 0 Å². The molecule has 0 aliphatic carbocycles. The van der Waals surface area contributed by atoms with Gasteiger partial charge in [-0.1, -0.05) is 0 Å². The average Bonchev–Trinajstić information content (AvgIpc) is 2.40. The predicted octanol–water partition coefficient (Wildman–Crippen LogP) is 0.364. The Kier molecular flexibility index (Phi) is 2.88. The van der Waals surface area contributed by atoms with Crippen LogP contribution >= 0.6 is 0 Å². The fraction of sp³-hybridized carbons (Fsp3) is 0.308. The Morgan fingerprint density at radius 3 is 2.74 bits per heavy atom. The number of hydrogen-bond donors (Lipinski definition) is 2. The maximum absolute atomic E-state index is 11.6. The molecule has 1 aliphatic heterocycles. The van der Waals surface area contributed by atoms with Crippen LogP contribution in [0.3, 0.4) is 0 Å². The number of H-pyrrole nitrogens is 1. The van der Waals surface area contributed by atoms with E-state index in [2.05, 4.69) is 4.98 Å². The van der Waals surface area contributed by atoms with E-state index in [9.17, 15) is 4.79 Å². The fourth-order valence-corrected chi connectivity index (χ4v) is 2.32. The third-order valence-corrected chi connectivity index (χ3v) is 3.11. The van der Waals surface area contributed by atoms with Gasteiger partial charge in [-0.25, -0.2) is 4.84 Å². The molecule has 0 saturated carbocycles. The third-order valence-electron chi connectivity index (χ3n) is 3.11. The van der Waals surface area contributed by atoms with E-state index in [1.807, 2.05) is 13.0 Å². The van der Waals surface area contributed by atoms with Gasteiger partial charge in [-0.15, -0.1) is 0 Å². The zero-order valence-electron chi connectivity index (χ0n) is 10.8. The summed E-state index contributed by atoms with van der Waals surface area (Å²) in [5.41, 5.74) is 3.83. The van der Waals surface area contributed by atoms with Crippen LogP contribution in [0.1, 0.15) is 5.56 Å². The third kappa shape index (κ3) is 1.94. The first kappa shape index (κ1) is 12.0. The summed E-state index contributed by atoms with van der Waals surface area (Å²) in [5, 5.41) is 0.923. The van der Waals surface area contributed by atoms with Gasteiger partial charge in [-0.05, 0) is 12.5 Å². The molecule has 0 radical (unpaired) electrons. The second kappa shape index (κ2) is 4.56. The summed E-state index contributed by atoms with van der Waals surface area (Å²) < 4.78 is 11.3. The number of nitrogens with one attached hydrogen (secondary N) is 1. The molecule has 2 heterocycles. The largest absolute Gasteiger partial charge is 0.484 e. The maximum Gasteiger partial charge on any atom is 0.248 e. The Morgan fingerprint density at radius 2 is 2.00 bits per heavy atom. The van der Waals surface area contributed by atoms with Crippen molar-refractivity contribution >= 4 is 16.6 Å². The molecule has 2 aromatic rings. The second-order valence-corrected chi connectivity index (χ2v) is 4.41. The van der Waals surface area contributed by atoms with Crippen molar-refractivity contribution in [2.45, 2.75) is 6.92 Å². The first-order valence-corrected chi connectivity index (χ1v) is 6.03. The summed E-state index contributed by atoms with van der Waals surface area (Å²) in [7, 11) is 1.58. The number of ether oxygens (including phenoxy) is 2. The molecule has 3 rings (SSSR count).